The lowest BCUT2D eigenvalue weighted by molar-refractivity contribution is -0.122. The van der Waals surface area contributed by atoms with Gasteiger partial charge in [0.1, 0.15) is 0 Å². The van der Waals surface area contributed by atoms with Gasteiger partial charge in [-0.2, -0.15) is 0 Å². The van der Waals surface area contributed by atoms with E-state index in [0.717, 1.165) is 0 Å². The monoisotopic (exact) mass is 213 g/mol. The van der Waals surface area contributed by atoms with E-state index < -0.39 is 0 Å². The summed E-state index contributed by atoms with van der Waals surface area (Å²) in [5.74, 6) is 0.0595. The Morgan fingerprint density at radius 2 is 2.13 bits per heavy atom. The maximum absolute atomic E-state index is 11.5. The van der Waals surface area contributed by atoms with Gasteiger partial charge in [-0.15, -0.1) is 0 Å². The molecule has 1 atom stereocenters. The van der Waals surface area contributed by atoms with E-state index in [1.54, 1.807) is 0 Å². The smallest absolute Gasteiger partial charge is 0.315 e. The van der Waals surface area contributed by atoms with Crippen LogP contribution in [0.5, 0.6) is 0 Å². The molecule has 0 spiro atoms. The third-order valence-electron chi connectivity index (χ3n) is 2.09. The van der Waals surface area contributed by atoms with E-state index in [0.29, 0.717) is 19.4 Å². The van der Waals surface area contributed by atoms with Crippen molar-refractivity contribution in [3.63, 3.8) is 0 Å². The summed E-state index contributed by atoms with van der Waals surface area (Å²) in [7, 11) is 0. The van der Waals surface area contributed by atoms with Gasteiger partial charge >= 0.3 is 6.03 Å². The lowest BCUT2D eigenvalue weighted by Crippen LogP contribution is -2.54. The average molecular weight is 213 g/mol. The normalized spacial score (nSPS) is 21.8. The van der Waals surface area contributed by atoms with Crippen LogP contribution in [0.25, 0.3) is 0 Å². The minimum absolute atomic E-state index is 0.0463. The maximum Gasteiger partial charge on any atom is 0.315 e. The molecule has 0 aromatic carbocycles. The Morgan fingerprint density at radius 1 is 1.47 bits per heavy atom. The van der Waals surface area contributed by atoms with Crippen LogP contribution in [0.4, 0.5) is 4.79 Å². The molecule has 1 heterocycles. The molecule has 0 saturated carbocycles. The lowest BCUT2D eigenvalue weighted by atomic mass is 10.1. The fraction of sp³-hybridized carbons (Fsp3) is 0.800. The van der Waals surface area contributed by atoms with Gasteiger partial charge in [-0.3, -0.25) is 4.79 Å². The molecule has 86 valence electrons. The average Bonchev–Trinajstić information content (AvgIpc) is 2.05. The Labute approximate surface area is 90.0 Å². The van der Waals surface area contributed by atoms with Crippen molar-refractivity contribution < 1.29 is 9.59 Å². The van der Waals surface area contributed by atoms with Crippen LogP contribution in [0, 0.1) is 0 Å². The van der Waals surface area contributed by atoms with Crippen LogP contribution in [0.3, 0.4) is 0 Å². The van der Waals surface area contributed by atoms with Gasteiger partial charge in [-0.1, -0.05) is 0 Å². The van der Waals surface area contributed by atoms with E-state index in [-0.39, 0.29) is 23.5 Å². The molecule has 1 saturated heterocycles. The highest BCUT2D eigenvalue weighted by molar-refractivity contribution is 5.78. The lowest BCUT2D eigenvalue weighted by Gasteiger charge is -2.26. The molecule has 1 fully saturated rings. The molecule has 1 aliphatic rings. The predicted molar refractivity (Wildman–Crippen MR) is 57.5 cm³/mol. The molecule has 0 aromatic heterocycles. The number of piperidine rings is 1. The molecule has 5 nitrogen and oxygen atoms in total. The van der Waals surface area contributed by atoms with Crippen molar-refractivity contribution in [1.29, 1.82) is 0 Å². The molecule has 1 aliphatic heterocycles. The Morgan fingerprint density at radius 3 is 2.60 bits per heavy atom. The molecule has 0 radical (unpaired) electrons. The second-order valence-corrected chi connectivity index (χ2v) is 4.89. The van der Waals surface area contributed by atoms with E-state index in [9.17, 15) is 9.59 Å². The number of nitrogens with one attached hydrogen (secondary N) is 3. The number of carbonyl (C=O) groups excluding carboxylic acids is 2. The predicted octanol–water partition coefficient (Wildman–Crippen LogP) is 0.363. The molecule has 3 amide bonds. The first-order valence-corrected chi connectivity index (χ1v) is 5.22. The largest absolute Gasteiger partial charge is 0.354 e. The summed E-state index contributed by atoms with van der Waals surface area (Å²) in [5.41, 5.74) is -0.234. The van der Waals surface area contributed by atoms with Crippen LogP contribution >= 0.6 is 0 Å². The first-order valence-electron chi connectivity index (χ1n) is 5.22. The van der Waals surface area contributed by atoms with Crippen LogP contribution < -0.4 is 16.0 Å². The standard InChI is InChI=1S/C10H19N3O2/c1-10(2,3)13-9(15)12-7-4-5-8(14)11-6-7/h7H,4-6H2,1-3H3,(H,11,14)(H2,12,13,15). The van der Waals surface area contributed by atoms with Crippen molar-refractivity contribution in [2.45, 2.75) is 45.2 Å². The number of urea groups is 1. The molecule has 3 N–H and O–H groups in total. The molecular weight excluding hydrogens is 194 g/mol. The quantitative estimate of drug-likeness (QED) is 0.588. The Balaban J connectivity index is 2.29. The molecule has 1 unspecified atom stereocenters. The molecule has 0 bridgehead atoms. The van der Waals surface area contributed by atoms with Crippen LogP contribution in [-0.2, 0) is 4.79 Å². The Bertz CT molecular complexity index is 248. The number of amides is 3. The van der Waals surface area contributed by atoms with Crippen LogP contribution in [0.15, 0.2) is 0 Å². The van der Waals surface area contributed by atoms with Gasteiger partial charge in [0.2, 0.25) is 5.91 Å². The maximum atomic E-state index is 11.5. The third-order valence-corrected chi connectivity index (χ3v) is 2.09. The first-order chi connectivity index (χ1) is 6.87. The zero-order valence-corrected chi connectivity index (χ0v) is 9.52. The summed E-state index contributed by atoms with van der Waals surface area (Å²) in [6.07, 6.45) is 1.20. The van der Waals surface area contributed by atoms with Gasteiger partial charge in [-0.25, -0.2) is 4.79 Å². The highest BCUT2D eigenvalue weighted by Crippen LogP contribution is 2.03. The Kier molecular flexibility index (Phi) is 3.55. The minimum atomic E-state index is -0.234. The summed E-state index contributed by atoms with van der Waals surface area (Å²) < 4.78 is 0. The summed E-state index contributed by atoms with van der Waals surface area (Å²) in [6.45, 7) is 6.30. The first kappa shape index (κ1) is 11.8. The second kappa shape index (κ2) is 4.51. The van der Waals surface area contributed by atoms with E-state index in [1.165, 1.54) is 0 Å². The highest BCUT2D eigenvalue weighted by atomic mass is 16.2. The van der Waals surface area contributed by atoms with E-state index in [4.69, 9.17) is 0 Å². The van der Waals surface area contributed by atoms with Gasteiger partial charge in [0.25, 0.3) is 0 Å². The highest BCUT2D eigenvalue weighted by Gasteiger charge is 2.21. The second-order valence-electron chi connectivity index (χ2n) is 4.89. The van der Waals surface area contributed by atoms with E-state index in [1.807, 2.05) is 20.8 Å². The SMILES string of the molecule is CC(C)(C)NC(=O)NC1CCC(=O)NC1. The summed E-state index contributed by atoms with van der Waals surface area (Å²) >= 11 is 0. The van der Waals surface area contributed by atoms with Gasteiger partial charge in [0.15, 0.2) is 0 Å². The number of rotatable bonds is 1. The summed E-state index contributed by atoms with van der Waals surface area (Å²) in [6, 6.07) is -0.131. The molecule has 0 aromatic rings. The number of hydrogen-bond donors (Lipinski definition) is 3. The van der Waals surface area contributed by atoms with Crippen molar-refractivity contribution in [2.75, 3.05) is 6.54 Å². The van der Waals surface area contributed by atoms with Crippen molar-refractivity contribution in [3.8, 4) is 0 Å². The van der Waals surface area contributed by atoms with Crippen molar-refractivity contribution in [1.82, 2.24) is 16.0 Å². The van der Waals surface area contributed by atoms with E-state index in [2.05, 4.69) is 16.0 Å². The molecule has 1 rings (SSSR count). The van der Waals surface area contributed by atoms with Crippen molar-refractivity contribution >= 4 is 11.9 Å². The van der Waals surface area contributed by atoms with Gasteiger partial charge in [0, 0.05) is 24.5 Å². The minimum Gasteiger partial charge on any atom is -0.354 e. The Hall–Kier alpha value is -1.26. The molecular formula is C10H19N3O2. The molecule has 15 heavy (non-hydrogen) atoms. The molecule has 0 aliphatic carbocycles. The zero-order valence-electron chi connectivity index (χ0n) is 9.52. The topological polar surface area (TPSA) is 70.2 Å². The van der Waals surface area contributed by atoms with Crippen molar-refractivity contribution in [3.05, 3.63) is 0 Å². The fourth-order valence-corrected chi connectivity index (χ4v) is 1.42. The van der Waals surface area contributed by atoms with Crippen LogP contribution in [0.1, 0.15) is 33.6 Å². The summed E-state index contributed by atoms with van der Waals surface area (Å²) in [4.78, 5) is 22.4. The summed E-state index contributed by atoms with van der Waals surface area (Å²) in [5, 5.41) is 8.36. The number of carbonyl (C=O) groups is 2. The van der Waals surface area contributed by atoms with Crippen LogP contribution in [-0.4, -0.2) is 30.1 Å². The van der Waals surface area contributed by atoms with Gasteiger partial charge in [0.05, 0.1) is 0 Å². The van der Waals surface area contributed by atoms with E-state index >= 15 is 0 Å². The van der Waals surface area contributed by atoms with Gasteiger partial charge < -0.3 is 16.0 Å². The van der Waals surface area contributed by atoms with Crippen molar-refractivity contribution in [2.24, 2.45) is 0 Å². The third kappa shape index (κ3) is 4.67. The number of hydrogen-bond acceptors (Lipinski definition) is 2. The fourth-order valence-electron chi connectivity index (χ4n) is 1.42. The zero-order chi connectivity index (χ0) is 11.5. The van der Waals surface area contributed by atoms with Gasteiger partial charge in [-0.05, 0) is 27.2 Å². The van der Waals surface area contributed by atoms with Crippen LogP contribution in [0.2, 0.25) is 0 Å². The molecule has 5 heteroatoms.